The van der Waals surface area contributed by atoms with Crippen molar-refractivity contribution in [1.29, 1.82) is 0 Å². The van der Waals surface area contributed by atoms with Crippen LogP contribution in [0.5, 0.6) is 0 Å². The predicted molar refractivity (Wildman–Crippen MR) is 247 cm³/mol. The Morgan fingerprint density at radius 1 is 0.246 bits per heavy atom. The number of aromatic nitrogens is 6. The summed E-state index contributed by atoms with van der Waals surface area (Å²) in [5, 5.41) is 0. The molecule has 9 rings (SSSR count). The fourth-order valence-electron chi connectivity index (χ4n) is 7.29. The van der Waals surface area contributed by atoms with Crippen molar-refractivity contribution in [3.63, 3.8) is 0 Å². The van der Waals surface area contributed by atoms with E-state index < -0.39 is 0 Å². The highest BCUT2D eigenvalue weighted by Crippen LogP contribution is 2.37. The Hall–Kier alpha value is -8.42. The van der Waals surface area contributed by atoms with Gasteiger partial charge in [0, 0.05) is 91.4 Å². The fraction of sp³-hybridized carbons (Fsp3) is 0. The van der Waals surface area contributed by atoms with Crippen LogP contribution in [0.15, 0.2) is 220 Å². The third-order valence-corrected chi connectivity index (χ3v) is 10.3. The molecule has 7 nitrogen and oxygen atoms in total. The van der Waals surface area contributed by atoms with E-state index in [-0.39, 0.29) is 0 Å². The average Bonchev–Trinajstić information content (AvgIpc) is 3.35. The van der Waals surface area contributed by atoms with E-state index in [1.165, 1.54) is 0 Å². The second kappa shape index (κ2) is 18.4. The lowest BCUT2D eigenvalue weighted by atomic mass is 9.96. The molecule has 6 heterocycles. The van der Waals surface area contributed by atoms with Gasteiger partial charge in [-0.25, -0.2) is 0 Å². The molecule has 9 aromatic rings. The van der Waals surface area contributed by atoms with Crippen molar-refractivity contribution >= 4 is 52.0 Å². The molecule has 0 aliphatic carbocycles. The summed E-state index contributed by atoms with van der Waals surface area (Å²) < 4.78 is 0. The van der Waals surface area contributed by atoms with Gasteiger partial charge in [-0.1, -0.05) is 36.4 Å². The molecule has 3 aromatic carbocycles. The molecule has 7 heteroatoms. The summed E-state index contributed by atoms with van der Waals surface area (Å²) in [5.74, 6) is 0. The Kier molecular flexibility index (Phi) is 11.5. The van der Waals surface area contributed by atoms with Crippen LogP contribution in [0.4, 0.5) is 17.1 Å². The average molecular weight is 786 g/mol. The molecule has 0 N–H and O–H groups in total. The Morgan fingerprint density at radius 3 is 0.607 bits per heavy atom. The molecule has 0 aliphatic rings. The van der Waals surface area contributed by atoms with E-state index in [1.807, 2.05) is 147 Å². The molecule has 0 bridgehead atoms. The van der Waals surface area contributed by atoms with Crippen LogP contribution in [-0.4, -0.2) is 29.9 Å². The monoisotopic (exact) mass is 785 g/mol. The zero-order chi connectivity index (χ0) is 41.1. The molecule has 6 aromatic heterocycles. The highest BCUT2D eigenvalue weighted by Gasteiger charge is 2.15. The number of nitrogens with zero attached hydrogens (tertiary/aromatic N) is 7. The fourth-order valence-corrected chi connectivity index (χ4v) is 7.29. The standard InChI is InChI=1S/C54H39N7/c1-7-49(8-2-40(1)37-52(43-13-25-55-26-14-43)44-15-27-56-28-16-44)61(50-9-3-41(4-10-50)38-53(45-17-29-57-30-18-45)46-19-31-58-32-20-46)51-11-5-42(6-12-51)39-54(47-21-33-59-34-22-47)48-23-35-60-36-24-48/h1-39H. The maximum Gasteiger partial charge on any atom is 0.0462 e. The molecule has 0 amide bonds. The molecule has 0 radical (unpaired) electrons. The second-order valence-corrected chi connectivity index (χ2v) is 14.2. The lowest BCUT2D eigenvalue weighted by Crippen LogP contribution is -2.09. The Labute approximate surface area is 355 Å². The van der Waals surface area contributed by atoms with Crippen LogP contribution in [0.2, 0.25) is 0 Å². The van der Waals surface area contributed by atoms with Crippen LogP contribution in [0.25, 0.3) is 34.9 Å². The molecule has 61 heavy (non-hydrogen) atoms. The number of hydrogen-bond acceptors (Lipinski definition) is 7. The van der Waals surface area contributed by atoms with Gasteiger partial charge in [0.05, 0.1) is 0 Å². The third kappa shape index (κ3) is 9.17. The zero-order valence-electron chi connectivity index (χ0n) is 33.1. The van der Waals surface area contributed by atoms with E-state index in [4.69, 9.17) is 0 Å². The molecule has 290 valence electrons. The van der Waals surface area contributed by atoms with Gasteiger partial charge in [-0.2, -0.15) is 0 Å². The maximum absolute atomic E-state index is 4.25. The third-order valence-electron chi connectivity index (χ3n) is 10.3. The van der Waals surface area contributed by atoms with Gasteiger partial charge in [-0.3, -0.25) is 29.9 Å². The first kappa shape index (κ1) is 38.1. The largest absolute Gasteiger partial charge is 0.311 e. The first-order valence-electron chi connectivity index (χ1n) is 19.9. The summed E-state index contributed by atoms with van der Waals surface area (Å²) >= 11 is 0. The van der Waals surface area contributed by atoms with Gasteiger partial charge in [0.1, 0.15) is 0 Å². The Bertz CT molecular complexity index is 2440. The highest BCUT2D eigenvalue weighted by atomic mass is 15.1. The topological polar surface area (TPSA) is 80.6 Å². The zero-order valence-corrected chi connectivity index (χ0v) is 33.1. The lowest BCUT2D eigenvalue weighted by Gasteiger charge is -2.26. The van der Waals surface area contributed by atoms with Crippen LogP contribution >= 0.6 is 0 Å². The number of benzene rings is 3. The molecule has 0 saturated heterocycles. The molecule has 0 aliphatic heterocycles. The molecule has 0 fully saturated rings. The van der Waals surface area contributed by atoms with E-state index in [0.29, 0.717) is 0 Å². The summed E-state index contributed by atoms with van der Waals surface area (Å²) in [7, 11) is 0. The Morgan fingerprint density at radius 2 is 0.426 bits per heavy atom. The van der Waals surface area contributed by atoms with E-state index in [0.717, 1.165) is 83.9 Å². The maximum atomic E-state index is 4.25. The van der Waals surface area contributed by atoms with Crippen molar-refractivity contribution < 1.29 is 0 Å². The van der Waals surface area contributed by atoms with Crippen LogP contribution in [0.1, 0.15) is 50.1 Å². The van der Waals surface area contributed by atoms with Gasteiger partial charge in [0.2, 0.25) is 0 Å². The van der Waals surface area contributed by atoms with Crippen LogP contribution in [-0.2, 0) is 0 Å². The quantitative estimate of drug-likeness (QED) is 0.122. The second-order valence-electron chi connectivity index (χ2n) is 14.2. The van der Waals surface area contributed by atoms with Crippen molar-refractivity contribution in [3.8, 4) is 0 Å². The minimum Gasteiger partial charge on any atom is -0.311 e. The van der Waals surface area contributed by atoms with E-state index in [2.05, 4.69) is 126 Å². The van der Waals surface area contributed by atoms with E-state index in [9.17, 15) is 0 Å². The van der Waals surface area contributed by atoms with Crippen molar-refractivity contribution in [2.24, 2.45) is 0 Å². The highest BCUT2D eigenvalue weighted by molar-refractivity contribution is 5.94. The predicted octanol–water partition coefficient (Wildman–Crippen LogP) is 12.3. The lowest BCUT2D eigenvalue weighted by molar-refractivity contribution is 1.28. The van der Waals surface area contributed by atoms with Crippen LogP contribution < -0.4 is 4.90 Å². The van der Waals surface area contributed by atoms with Crippen molar-refractivity contribution in [1.82, 2.24) is 29.9 Å². The first-order chi connectivity index (χ1) is 30.2. The van der Waals surface area contributed by atoms with Gasteiger partial charge in [-0.05, 0) is 194 Å². The molecular formula is C54H39N7. The molecule has 0 unspecified atom stereocenters. The van der Waals surface area contributed by atoms with Gasteiger partial charge >= 0.3 is 0 Å². The van der Waals surface area contributed by atoms with Crippen molar-refractivity contribution in [3.05, 3.63) is 270 Å². The summed E-state index contributed by atoms with van der Waals surface area (Å²) in [4.78, 5) is 27.8. The normalized spacial score (nSPS) is 10.6. The SMILES string of the molecule is C(=C(c1ccncc1)c1ccncc1)c1ccc(N(c2ccc(C=C(c3ccncc3)c3ccncc3)cc2)c2ccc(C=C(c3ccncc3)c3ccncc3)cc2)cc1. The van der Waals surface area contributed by atoms with Gasteiger partial charge in [0.25, 0.3) is 0 Å². The summed E-state index contributed by atoms with van der Waals surface area (Å²) in [6, 6.07) is 50.5. The smallest absolute Gasteiger partial charge is 0.0462 e. The molecule has 0 atom stereocenters. The number of anilines is 3. The van der Waals surface area contributed by atoms with Gasteiger partial charge in [0.15, 0.2) is 0 Å². The number of pyridine rings is 6. The van der Waals surface area contributed by atoms with E-state index >= 15 is 0 Å². The van der Waals surface area contributed by atoms with Crippen LogP contribution in [0.3, 0.4) is 0 Å². The molecule has 0 spiro atoms. The Balaban J connectivity index is 1.10. The van der Waals surface area contributed by atoms with Crippen molar-refractivity contribution in [2.45, 2.75) is 0 Å². The molecule has 0 saturated carbocycles. The summed E-state index contributed by atoms with van der Waals surface area (Å²) in [6.07, 6.45) is 28.5. The van der Waals surface area contributed by atoms with E-state index in [1.54, 1.807) is 0 Å². The number of hydrogen-bond donors (Lipinski definition) is 0. The van der Waals surface area contributed by atoms with Gasteiger partial charge in [-0.15, -0.1) is 0 Å². The minimum atomic E-state index is 1.03. The summed E-state index contributed by atoms with van der Waals surface area (Å²) in [6.45, 7) is 0. The van der Waals surface area contributed by atoms with Crippen molar-refractivity contribution in [2.75, 3.05) is 4.90 Å². The first-order valence-corrected chi connectivity index (χ1v) is 19.9. The number of rotatable bonds is 12. The van der Waals surface area contributed by atoms with Crippen LogP contribution in [0, 0.1) is 0 Å². The molecular weight excluding hydrogens is 747 g/mol. The van der Waals surface area contributed by atoms with Gasteiger partial charge < -0.3 is 4.90 Å². The minimum absolute atomic E-state index is 1.03. The summed E-state index contributed by atoms with van der Waals surface area (Å²) in [5.41, 5.74) is 16.1.